The van der Waals surface area contributed by atoms with Crippen LogP contribution in [-0.2, 0) is 12.3 Å². The number of benzene rings is 2. The fourth-order valence-corrected chi connectivity index (χ4v) is 5.42. The molecule has 4 aromatic rings. The molecule has 0 aliphatic carbocycles. The van der Waals surface area contributed by atoms with E-state index in [1.165, 1.54) is 41.6 Å². The number of halogens is 1. The van der Waals surface area contributed by atoms with Crippen molar-refractivity contribution < 1.29 is 23.1 Å². The number of rotatable bonds is 8. The van der Waals surface area contributed by atoms with Crippen LogP contribution in [0.15, 0.2) is 70.2 Å². The van der Waals surface area contributed by atoms with Crippen molar-refractivity contribution in [1.29, 1.82) is 0 Å². The Morgan fingerprint density at radius 2 is 1.77 bits per heavy atom. The van der Waals surface area contributed by atoms with E-state index >= 15 is 0 Å². The highest BCUT2D eigenvalue weighted by Crippen LogP contribution is 2.33. The summed E-state index contributed by atoms with van der Waals surface area (Å²) in [6, 6.07) is 17.1. The number of aromatic nitrogens is 2. The van der Waals surface area contributed by atoms with Crippen LogP contribution in [0.2, 0.25) is 0 Å². The highest BCUT2D eigenvalue weighted by molar-refractivity contribution is 7.98. The zero-order chi connectivity index (χ0) is 27.5. The van der Waals surface area contributed by atoms with E-state index in [-0.39, 0.29) is 18.4 Å². The lowest BCUT2D eigenvalue weighted by Crippen LogP contribution is -2.46. The first-order valence-electron chi connectivity index (χ1n) is 13.0. The van der Waals surface area contributed by atoms with Crippen molar-refractivity contribution in [1.82, 2.24) is 14.9 Å². The molecule has 0 radical (unpaired) electrons. The second-order valence-corrected chi connectivity index (χ2v) is 10.6. The van der Waals surface area contributed by atoms with Crippen LogP contribution < -0.4 is 19.7 Å². The predicted molar refractivity (Wildman–Crippen MR) is 149 cm³/mol. The standard InChI is InChI=1S/C29H28FN5O4S/c1-19-14-27(35-12-10-34(11-13-35)16-20-2-8-24-26(15-20)38-18-37-24)33-29(31-19)40-17-23-7-9-25(39-23)28(36)32-22-5-3-21(30)4-6-22/h2-9,14-15H,10-13,16-18H2,1H3,(H,32,36). The number of anilines is 2. The van der Waals surface area contributed by atoms with Crippen molar-refractivity contribution in [3.05, 3.63) is 89.3 Å². The normalized spacial score (nSPS) is 14.9. The quantitative estimate of drug-likeness (QED) is 0.233. The van der Waals surface area contributed by atoms with Crippen molar-refractivity contribution in [3.63, 3.8) is 0 Å². The van der Waals surface area contributed by atoms with Crippen LogP contribution in [0.4, 0.5) is 15.9 Å². The molecule has 0 bridgehead atoms. The zero-order valence-corrected chi connectivity index (χ0v) is 22.7. The molecule has 1 N–H and O–H groups in total. The van der Waals surface area contributed by atoms with Gasteiger partial charge in [0.05, 0.1) is 5.75 Å². The van der Waals surface area contributed by atoms with Crippen molar-refractivity contribution in [2.24, 2.45) is 0 Å². The van der Waals surface area contributed by atoms with Crippen LogP contribution in [0.5, 0.6) is 11.5 Å². The van der Waals surface area contributed by atoms with Crippen LogP contribution >= 0.6 is 11.8 Å². The molecule has 2 aromatic carbocycles. The van der Waals surface area contributed by atoms with Crippen LogP contribution in [0.1, 0.15) is 27.6 Å². The third kappa shape index (κ3) is 6.21. The van der Waals surface area contributed by atoms with Crippen molar-refractivity contribution in [2.75, 3.05) is 43.2 Å². The van der Waals surface area contributed by atoms with E-state index in [1.54, 1.807) is 12.1 Å². The second-order valence-electron chi connectivity index (χ2n) is 9.62. The van der Waals surface area contributed by atoms with Gasteiger partial charge in [-0.05, 0) is 61.0 Å². The summed E-state index contributed by atoms with van der Waals surface area (Å²) in [5.41, 5.74) is 2.60. The minimum Gasteiger partial charge on any atom is -0.455 e. The summed E-state index contributed by atoms with van der Waals surface area (Å²) in [6.07, 6.45) is 0. The predicted octanol–water partition coefficient (Wildman–Crippen LogP) is 5.11. The number of thioether (sulfide) groups is 1. The number of carbonyl (C=O) groups is 1. The summed E-state index contributed by atoms with van der Waals surface area (Å²) in [5.74, 6) is 3.08. The highest BCUT2D eigenvalue weighted by Gasteiger charge is 2.21. The molecule has 11 heteroatoms. The molecule has 206 valence electrons. The van der Waals surface area contributed by atoms with Crippen LogP contribution in [0, 0.1) is 12.7 Å². The molecule has 2 aliphatic heterocycles. The Bertz CT molecular complexity index is 1500. The molecule has 9 nitrogen and oxygen atoms in total. The maximum atomic E-state index is 13.1. The maximum absolute atomic E-state index is 13.1. The molecule has 0 saturated carbocycles. The fourth-order valence-electron chi connectivity index (χ4n) is 4.62. The molecule has 40 heavy (non-hydrogen) atoms. The van der Waals surface area contributed by atoms with Gasteiger partial charge in [-0.25, -0.2) is 14.4 Å². The number of piperazine rings is 1. The van der Waals surface area contributed by atoms with Gasteiger partial charge in [0.2, 0.25) is 6.79 Å². The lowest BCUT2D eigenvalue weighted by molar-refractivity contribution is 0.0995. The van der Waals surface area contributed by atoms with E-state index in [0.717, 1.165) is 55.7 Å². The highest BCUT2D eigenvalue weighted by atomic mass is 32.2. The third-order valence-corrected chi connectivity index (χ3v) is 7.56. The van der Waals surface area contributed by atoms with Gasteiger partial charge < -0.3 is 24.1 Å². The Morgan fingerprint density at radius 3 is 2.60 bits per heavy atom. The van der Waals surface area contributed by atoms with E-state index in [1.807, 2.05) is 19.1 Å². The number of amides is 1. The Hall–Kier alpha value is -4.09. The van der Waals surface area contributed by atoms with Crippen LogP contribution in [0.25, 0.3) is 0 Å². The van der Waals surface area contributed by atoms with E-state index in [4.69, 9.17) is 18.9 Å². The van der Waals surface area contributed by atoms with E-state index in [0.29, 0.717) is 22.4 Å². The van der Waals surface area contributed by atoms with Crippen molar-refractivity contribution >= 4 is 29.2 Å². The topological polar surface area (TPSA) is 93.0 Å². The average Bonchev–Trinajstić information content (AvgIpc) is 3.63. The van der Waals surface area contributed by atoms with Crippen molar-refractivity contribution in [2.45, 2.75) is 24.4 Å². The molecule has 2 aromatic heterocycles. The first kappa shape index (κ1) is 26.1. The van der Waals surface area contributed by atoms with Gasteiger partial charge in [-0.2, -0.15) is 0 Å². The minimum atomic E-state index is -0.394. The maximum Gasteiger partial charge on any atom is 0.291 e. The molecule has 0 atom stereocenters. The lowest BCUT2D eigenvalue weighted by Gasteiger charge is -2.35. The molecule has 1 amide bonds. The molecular weight excluding hydrogens is 533 g/mol. The number of aryl methyl sites for hydroxylation is 1. The summed E-state index contributed by atoms with van der Waals surface area (Å²) in [6.45, 7) is 6.71. The lowest BCUT2D eigenvalue weighted by atomic mass is 10.1. The molecule has 4 heterocycles. The molecule has 1 fully saturated rings. The first-order valence-corrected chi connectivity index (χ1v) is 14.0. The number of nitrogens with one attached hydrogen (secondary N) is 1. The summed E-state index contributed by atoms with van der Waals surface area (Å²) in [4.78, 5) is 26.6. The van der Waals surface area contributed by atoms with Gasteiger partial charge in [0.15, 0.2) is 22.4 Å². The van der Waals surface area contributed by atoms with Gasteiger partial charge >= 0.3 is 0 Å². The van der Waals surface area contributed by atoms with E-state index < -0.39 is 5.91 Å². The van der Waals surface area contributed by atoms with Gasteiger partial charge in [-0.1, -0.05) is 17.8 Å². The second kappa shape index (κ2) is 11.6. The van der Waals surface area contributed by atoms with Gasteiger partial charge in [-0.15, -0.1) is 0 Å². The zero-order valence-electron chi connectivity index (χ0n) is 21.9. The SMILES string of the molecule is Cc1cc(N2CCN(Cc3ccc4c(c3)OCO4)CC2)nc(SCc2ccc(C(=O)Nc3ccc(F)cc3)o2)n1. The third-order valence-electron chi connectivity index (χ3n) is 6.69. The van der Waals surface area contributed by atoms with Gasteiger partial charge in [0.25, 0.3) is 5.91 Å². The number of hydrogen-bond acceptors (Lipinski definition) is 9. The van der Waals surface area contributed by atoms with Gasteiger partial charge in [-0.3, -0.25) is 9.69 Å². The summed E-state index contributed by atoms with van der Waals surface area (Å²) >= 11 is 1.46. The Kier molecular flexibility index (Phi) is 7.56. The summed E-state index contributed by atoms with van der Waals surface area (Å²) < 4.78 is 29.8. The fraction of sp³-hybridized carbons (Fsp3) is 0.276. The number of carbonyl (C=O) groups excluding carboxylic acids is 1. The number of hydrogen-bond donors (Lipinski definition) is 1. The van der Waals surface area contributed by atoms with Crippen molar-refractivity contribution in [3.8, 4) is 11.5 Å². The minimum absolute atomic E-state index is 0.185. The Morgan fingerprint density at radius 1 is 0.975 bits per heavy atom. The largest absolute Gasteiger partial charge is 0.455 e. The van der Waals surface area contributed by atoms with Gasteiger partial charge in [0, 0.05) is 50.2 Å². The molecule has 0 spiro atoms. The number of fused-ring (bicyclic) bond motifs is 1. The Labute approximate surface area is 235 Å². The monoisotopic (exact) mass is 561 g/mol. The van der Waals surface area contributed by atoms with Gasteiger partial charge in [0.1, 0.15) is 17.4 Å². The smallest absolute Gasteiger partial charge is 0.291 e. The molecule has 0 unspecified atom stereocenters. The molecule has 2 aliphatic rings. The molecular formula is C29H28FN5O4S. The number of ether oxygens (including phenoxy) is 2. The first-order chi connectivity index (χ1) is 19.5. The number of nitrogens with zero attached hydrogens (tertiary/aromatic N) is 4. The van der Waals surface area contributed by atoms with Crippen LogP contribution in [0.3, 0.4) is 0 Å². The molecule has 6 rings (SSSR count). The average molecular weight is 562 g/mol. The van der Waals surface area contributed by atoms with Crippen LogP contribution in [-0.4, -0.2) is 53.7 Å². The molecule has 1 saturated heterocycles. The Balaban J connectivity index is 1.02. The van der Waals surface area contributed by atoms with E-state index in [2.05, 4.69) is 32.2 Å². The number of furan rings is 1. The summed E-state index contributed by atoms with van der Waals surface area (Å²) in [7, 11) is 0. The summed E-state index contributed by atoms with van der Waals surface area (Å²) in [5, 5.41) is 3.36. The van der Waals surface area contributed by atoms with E-state index in [9.17, 15) is 9.18 Å².